The predicted octanol–water partition coefficient (Wildman–Crippen LogP) is 7.82. The third kappa shape index (κ3) is 5.47. The van der Waals surface area contributed by atoms with E-state index in [2.05, 4.69) is 56.3 Å². The van der Waals surface area contributed by atoms with E-state index in [1.54, 1.807) is 24.3 Å². The summed E-state index contributed by atoms with van der Waals surface area (Å²) in [5.74, 6) is -0.382. The molecule has 0 amide bonds. The molecule has 8 nitrogen and oxygen atoms in total. The summed E-state index contributed by atoms with van der Waals surface area (Å²) in [5.41, 5.74) is 3.08. The molecule has 0 unspecified atom stereocenters. The number of hydrogen-bond donors (Lipinski definition) is 0. The van der Waals surface area contributed by atoms with Gasteiger partial charge in [0.15, 0.2) is 0 Å². The van der Waals surface area contributed by atoms with Gasteiger partial charge >= 0.3 is 5.97 Å². The summed E-state index contributed by atoms with van der Waals surface area (Å²) in [6, 6.07) is 16.7. The average Bonchev–Trinajstić information content (AvgIpc) is 3.41. The number of carbonyl (C=O) groups is 1. The number of thiophene rings is 1. The number of carbonyl (C=O) groups excluding carboxylic acids is 1. The monoisotopic (exact) mass is 478 g/mol. The van der Waals surface area contributed by atoms with E-state index in [0.29, 0.717) is 16.4 Å². The number of hydrogen-bond acceptors (Lipinski definition) is 10. The highest BCUT2D eigenvalue weighted by Crippen LogP contribution is 2.39. The van der Waals surface area contributed by atoms with Crippen LogP contribution < -0.4 is 4.90 Å². The first-order valence-electron chi connectivity index (χ1n) is 10.4. The van der Waals surface area contributed by atoms with E-state index in [1.165, 1.54) is 35.5 Å². The minimum atomic E-state index is -0.382. The summed E-state index contributed by atoms with van der Waals surface area (Å²) < 4.78 is 5.68. The quantitative estimate of drug-likeness (QED) is 0.191. The fraction of sp³-hybridized carbons (Fsp3) is 0.217. The van der Waals surface area contributed by atoms with E-state index in [-0.39, 0.29) is 5.97 Å². The molecule has 0 aliphatic carbocycles. The van der Waals surface area contributed by atoms with Crippen molar-refractivity contribution >= 4 is 65.4 Å². The van der Waals surface area contributed by atoms with E-state index in [9.17, 15) is 4.79 Å². The van der Waals surface area contributed by atoms with Gasteiger partial charge in [-0.05, 0) is 68.4 Å². The first-order valence-corrected chi connectivity index (χ1v) is 12.0. The molecular formula is C23H22N6O2S2. The zero-order valence-corrected chi connectivity index (χ0v) is 20.1. The highest BCUT2D eigenvalue weighted by atomic mass is 32.1. The van der Waals surface area contributed by atoms with Crippen LogP contribution in [0.15, 0.2) is 75.1 Å². The molecule has 0 aliphatic heterocycles. The Kier molecular flexibility index (Phi) is 7.16. The number of ether oxygens (including phenoxy) is 1. The summed E-state index contributed by atoms with van der Waals surface area (Å²) in [6.07, 6.45) is 0. The van der Waals surface area contributed by atoms with Gasteiger partial charge in [-0.2, -0.15) is 0 Å². The molecule has 168 valence electrons. The maximum absolute atomic E-state index is 11.5. The van der Waals surface area contributed by atoms with Gasteiger partial charge in [0.1, 0.15) is 9.83 Å². The molecule has 33 heavy (non-hydrogen) atoms. The lowest BCUT2D eigenvalue weighted by molar-refractivity contribution is 0.0601. The van der Waals surface area contributed by atoms with Crippen LogP contribution in [0, 0.1) is 0 Å². The highest BCUT2D eigenvalue weighted by molar-refractivity contribution is 7.30. The summed E-state index contributed by atoms with van der Waals surface area (Å²) in [7, 11) is 1.35. The van der Waals surface area contributed by atoms with Gasteiger partial charge in [-0.1, -0.05) is 22.7 Å². The molecule has 4 aromatic rings. The molecule has 2 aromatic carbocycles. The number of methoxy groups -OCH3 is 1. The van der Waals surface area contributed by atoms with Crippen molar-refractivity contribution in [3.8, 4) is 0 Å². The number of anilines is 1. The summed E-state index contributed by atoms with van der Waals surface area (Å²) in [4.78, 5) is 19.2. The Balaban J connectivity index is 1.41. The van der Waals surface area contributed by atoms with Crippen molar-refractivity contribution in [1.82, 2.24) is 4.98 Å². The van der Waals surface area contributed by atoms with E-state index in [1.807, 2.05) is 18.2 Å². The second-order valence-electron chi connectivity index (χ2n) is 6.88. The fourth-order valence-electron chi connectivity index (χ4n) is 3.11. The maximum atomic E-state index is 11.5. The highest BCUT2D eigenvalue weighted by Gasteiger charge is 2.09. The molecule has 0 saturated carbocycles. The van der Waals surface area contributed by atoms with E-state index >= 15 is 0 Å². The molecular weight excluding hydrogens is 456 g/mol. The van der Waals surface area contributed by atoms with Crippen molar-refractivity contribution in [2.24, 2.45) is 20.5 Å². The molecule has 2 aromatic heterocycles. The molecule has 0 N–H and O–H groups in total. The second-order valence-corrected chi connectivity index (χ2v) is 8.90. The van der Waals surface area contributed by atoms with Crippen LogP contribution in [0.2, 0.25) is 0 Å². The van der Waals surface area contributed by atoms with Crippen LogP contribution in [0.4, 0.5) is 27.2 Å². The second kappa shape index (κ2) is 10.4. The molecule has 0 radical (unpaired) electrons. The Morgan fingerprint density at radius 2 is 1.55 bits per heavy atom. The van der Waals surface area contributed by atoms with Crippen LogP contribution in [0.1, 0.15) is 24.2 Å². The Bertz CT molecular complexity index is 1260. The molecule has 4 rings (SSSR count). The molecule has 2 heterocycles. The molecule has 0 fully saturated rings. The molecule has 0 aliphatic rings. The van der Waals surface area contributed by atoms with Gasteiger partial charge in [0, 0.05) is 18.8 Å². The Morgan fingerprint density at radius 3 is 2.15 bits per heavy atom. The number of aromatic nitrogens is 1. The van der Waals surface area contributed by atoms with Crippen LogP contribution in [0.5, 0.6) is 0 Å². The van der Waals surface area contributed by atoms with Crippen LogP contribution in [0.3, 0.4) is 0 Å². The van der Waals surface area contributed by atoms with Gasteiger partial charge in [0.2, 0.25) is 5.13 Å². The number of fused-ring (bicyclic) bond motifs is 1. The summed E-state index contributed by atoms with van der Waals surface area (Å²) >= 11 is 2.90. The SMILES string of the molecule is CCN(CC)c1ccc(N=Nc2nc3sc(N=Nc4ccc(C(=O)OC)cc4)cc3s2)cc1. The lowest BCUT2D eigenvalue weighted by atomic mass is 10.2. The van der Waals surface area contributed by atoms with Crippen molar-refractivity contribution in [2.45, 2.75) is 13.8 Å². The van der Waals surface area contributed by atoms with Gasteiger partial charge in [0.25, 0.3) is 0 Å². The van der Waals surface area contributed by atoms with Crippen LogP contribution in [0.25, 0.3) is 9.53 Å². The van der Waals surface area contributed by atoms with Gasteiger partial charge in [0.05, 0.1) is 28.7 Å². The predicted molar refractivity (Wildman–Crippen MR) is 134 cm³/mol. The van der Waals surface area contributed by atoms with Gasteiger partial charge in [-0.3, -0.25) is 0 Å². The van der Waals surface area contributed by atoms with Crippen molar-refractivity contribution in [3.05, 3.63) is 60.2 Å². The largest absolute Gasteiger partial charge is 0.465 e. The number of thiazole rings is 1. The number of azo groups is 2. The Hall–Kier alpha value is -3.50. The van der Waals surface area contributed by atoms with E-state index in [0.717, 1.165) is 33.3 Å². The lowest BCUT2D eigenvalue weighted by Crippen LogP contribution is -2.21. The Labute approximate surface area is 199 Å². The molecule has 10 heteroatoms. The zero-order chi connectivity index (χ0) is 23.2. The molecule has 0 bridgehead atoms. The van der Waals surface area contributed by atoms with Crippen LogP contribution in [-0.4, -0.2) is 31.2 Å². The third-order valence-electron chi connectivity index (χ3n) is 4.85. The van der Waals surface area contributed by atoms with Gasteiger partial charge in [-0.25, -0.2) is 9.78 Å². The number of rotatable bonds is 8. The van der Waals surface area contributed by atoms with E-state index < -0.39 is 0 Å². The first-order chi connectivity index (χ1) is 16.1. The fourth-order valence-corrected chi connectivity index (χ4v) is 4.96. The van der Waals surface area contributed by atoms with Crippen molar-refractivity contribution in [3.63, 3.8) is 0 Å². The van der Waals surface area contributed by atoms with Crippen LogP contribution >= 0.6 is 22.7 Å². The van der Waals surface area contributed by atoms with Crippen molar-refractivity contribution < 1.29 is 9.53 Å². The van der Waals surface area contributed by atoms with Crippen molar-refractivity contribution in [1.29, 1.82) is 0 Å². The standard InChI is InChI=1S/C23H22N6O2S2/c1-4-29(5-2)18-12-10-17(11-13-18)26-28-23-24-21-19(32-23)14-20(33-21)27-25-16-8-6-15(7-9-16)22(30)31-3/h6-14H,4-5H2,1-3H3. The smallest absolute Gasteiger partial charge is 0.337 e. The molecule has 0 saturated heterocycles. The minimum Gasteiger partial charge on any atom is -0.465 e. The number of esters is 1. The van der Waals surface area contributed by atoms with Crippen LogP contribution in [-0.2, 0) is 4.74 Å². The number of nitrogens with zero attached hydrogens (tertiary/aromatic N) is 6. The summed E-state index contributed by atoms with van der Waals surface area (Å²) in [6.45, 7) is 6.22. The minimum absolute atomic E-state index is 0.382. The normalized spacial score (nSPS) is 11.6. The summed E-state index contributed by atoms with van der Waals surface area (Å²) in [5, 5.41) is 18.4. The van der Waals surface area contributed by atoms with Crippen molar-refractivity contribution in [2.75, 3.05) is 25.1 Å². The Morgan fingerprint density at radius 1 is 0.909 bits per heavy atom. The zero-order valence-electron chi connectivity index (χ0n) is 18.4. The first kappa shape index (κ1) is 22.7. The molecule has 0 spiro atoms. The number of benzene rings is 2. The lowest BCUT2D eigenvalue weighted by Gasteiger charge is -2.20. The third-order valence-corrected chi connectivity index (χ3v) is 6.78. The van der Waals surface area contributed by atoms with E-state index in [4.69, 9.17) is 4.74 Å². The maximum Gasteiger partial charge on any atom is 0.337 e. The van der Waals surface area contributed by atoms with Gasteiger partial charge < -0.3 is 9.64 Å². The van der Waals surface area contributed by atoms with Gasteiger partial charge in [-0.15, -0.1) is 20.5 Å². The topological polar surface area (TPSA) is 91.9 Å². The average molecular weight is 479 g/mol. The molecule has 0 atom stereocenters.